The fraction of sp³-hybridized carbons (Fsp3) is 0.474. The number of nitrogens with zero attached hydrogens (tertiary/aromatic N) is 3. The van der Waals surface area contributed by atoms with Crippen molar-refractivity contribution in [1.29, 1.82) is 0 Å². The minimum absolute atomic E-state index is 0.0586. The molecule has 1 aromatic heterocycles. The van der Waals surface area contributed by atoms with E-state index < -0.39 is 22.1 Å². The SMILES string of the molecule is C[C@H]1Cc2cc3c(c(NC(=O)N=S(N)(=O)c4cnn5c4O[C@H](CO)C5)c21)CCC3. The number of hydrogen-bond acceptors (Lipinski definition) is 5. The zero-order valence-corrected chi connectivity index (χ0v) is 16.9. The molecule has 0 saturated heterocycles. The molecular formula is C19H23N5O4S. The zero-order chi connectivity index (χ0) is 20.3. The average molecular weight is 417 g/mol. The van der Waals surface area contributed by atoms with Gasteiger partial charge in [0.15, 0.2) is 9.92 Å². The van der Waals surface area contributed by atoms with E-state index in [0.29, 0.717) is 12.5 Å². The van der Waals surface area contributed by atoms with Gasteiger partial charge in [0, 0.05) is 5.69 Å². The summed E-state index contributed by atoms with van der Waals surface area (Å²) < 4.78 is 23.8. The Morgan fingerprint density at radius 1 is 1.48 bits per heavy atom. The Labute approximate surface area is 168 Å². The number of fused-ring (bicyclic) bond motifs is 3. The summed E-state index contributed by atoms with van der Waals surface area (Å²) in [6.45, 7) is 2.26. The molecule has 0 bridgehead atoms. The first-order valence-corrected chi connectivity index (χ1v) is 11.3. The Kier molecular flexibility index (Phi) is 4.19. The van der Waals surface area contributed by atoms with Crippen LogP contribution in [0.15, 0.2) is 21.5 Å². The van der Waals surface area contributed by atoms with E-state index in [-0.39, 0.29) is 17.4 Å². The molecule has 2 aliphatic carbocycles. The molecule has 1 aromatic carbocycles. The molecule has 9 nitrogen and oxygen atoms in total. The lowest BCUT2D eigenvalue weighted by Crippen LogP contribution is -2.23. The standard InChI is InChI=1S/C19H23N5O4S/c1-10-5-12-6-11-3-2-4-14(11)17(16(10)12)22-19(26)23-29(20,27)15-7-21-24-8-13(9-25)28-18(15)24/h6-7,10,13,25H,2-5,8-9H2,1H3,(H3,20,22,23,26,27)/t10-,13-,29?/m0/s1. The third-order valence-corrected chi connectivity index (χ3v) is 7.28. The summed E-state index contributed by atoms with van der Waals surface area (Å²) in [5.41, 5.74) is 5.66. The van der Waals surface area contributed by atoms with Gasteiger partial charge in [-0.25, -0.2) is 18.8 Å². The van der Waals surface area contributed by atoms with Crippen molar-refractivity contribution in [3.05, 3.63) is 34.5 Å². The van der Waals surface area contributed by atoms with E-state index in [1.54, 1.807) is 0 Å². The lowest BCUT2D eigenvalue weighted by atomic mass is 9.75. The second-order valence-corrected chi connectivity index (χ2v) is 9.69. The Hall–Kier alpha value is -2.43. The molecule has 2 amide bonds. The maximum atomic E-state index is 13.0. The quantitative estimate of drug-likeness (QED) is 0.700. The highest BCUT2D eigenvalue weighted by Gasteiger charge is 2.33. The van der Waals surface area contributed by atoms with Crippen LogP contribution in [-0.2, 0) is 35.7 Å². The molecule has 0 spiro atoms. The lowest BCUT2D eigenvalue weighted by molar-refractivity contribution is 0.130. The molecule has 10 heteroatoms. The van der Waals surface area contributed by atoms with Crippen molar-refractivity contribution in [1.82, 2.24) is 9.78 Å². The van der Waals surface area contributed by atoms with Gasteiger partial charge in [-0.3, -0.25) is 0 Å². The van der Waals surface area contributed by atoms with Gasteiger partial charge in [0.2, 0.25) is 5.88 Å². The summed E-state index contributed by atoms with van der Waals surface area (Å²) in [5.74, 6) is 0.558. The van der Waals surface area contributed by atoms with Gasteiger partial charge < -0.3 is 15.2 Å². The van der Waals surface area contributed by atoms with Crippen LogP contribution in [0.3, 0.4) is 0 Å². The van der Waals surface area contributed by atoms with Crippen LogP contribution in [0, 0.1) is 0 Å². The third kappa shape index (κ3) is 2.93. The highest BCUT2D eigenvalue weighted by molar-refractivity contribution is 7.91. The number of nitrogens with one attached hydrogen (secondary N) is 1. The fourth-order valence-corrected chi connectivity index (χ4v) is 5.58. The summed E-state index contributed by atoms with van der Waals surface area (Å²) in [4.78, 5) is 12.8. The topological polar surface area (TPSA) is 132 Å². The molecule has 3 atom stereocenters. The van der Waals surface area contributed by atoms with Crippen LogP contribution < -0.4 is 15.2 Å². The van der Waals surface area contributed by atoms with Crippen molar-refractivity contribution in [2.75, 3.05) is 11.9 Å². The van der Waals surface area contributed by atoms with Crippen LogP contribution in [0.25, 0.3) is 0 Å². The Bertz CT molecular complexity index is 1140. The minimum atomic E-state index is -3.55. The van der Waals surface area contributed by atoms with E-state index in [1.807, 2.05) is 0 Å². The number of carbonyl (C=O) groups excluding carboxylic acids is 1. The van der Waals surface area contributed by atoms with Crippen LogP contribution >= 0.6 is 0 Å². The number of carbonyl (C=O) groups is 1. The summed E-state index contributed by atoms with van der Waals surface area (Å²) in [6.07, 6.45) is 4.81. The molecule has 1 aliphatic heterocycles. The molecule has 29 heavy (non-hydrogen) atoms. The number of aliphatic hydroxyl groups excluding tert-OH is 1. The molecule has 0 fully saturated rings. The van der Waals surface area contributed by atoms with Crippen molar-refractivity contribution in [2.24, 2.45) is 9.50 Å². The first-order chi connectivity index (χ1) is 13.9. The van der Waals surface area contributed by atoms with Gasteiger partial charge in [-0.05, 0) is 53.9 Å². The fourth-order valence-electron chi connectivity index (χ4n) is 4.59. The molecule has 2 aromatic rings. The number of urea groups is 1. The number of aryl methyl sites for hydroxylation is 1. The Morgan fingerprint density at radius 2 is 2.31 bits per heavy atom. The molecule has 154 valence electrons. The van der Waals surface area contributed by atoms with Gasteiger partial charge >= 0.3 is 6.03 Å². The predicted octanol–water partition coefficient (Wildman–Crippen LogP) is 1.72. The van der Waals surface area contributed by atoms with Crippen LogP contribution in [0.4, 0.5) is 10.5 Å². The molecule has 0 radical (unpaired) electrons. The highest BCUT2D eigenvalue weighted by atomic mass is 32.2. The molecule has 1 unspecified atom stereocenters. The van der Waals surface area contributed by atoms with Crippen molar-refractivity contribution in [3.8, 4) is 5.88 Å². The van der Waals surface area contributed by atoms with E-state index in [9.17, 15) is 14.1 Å². The van der Waals surface area contributed by atoms with E-state index >= 15 is 0 Å². The van der Waals surface area contributed by atoms with E-state index in [0.717, 1.165) is 42.5 Å². The van der Waals surface area contributed by atoms with Crippen LogP contribution in [-0.4, -0.2) is 37.8 Å². The first kappa shape index (κ1) is 18.6. The van der Waals surface area contributed by atoms with Crippen LogP contribution in [0.2, 0.25) is 0 Å². The van der Waals surface area contributed by atoms with Gasteiger partial charge in [0.1, 0.15) is 11.0 Å². The Balaban J connectivity index is 1.46. The van der Waals surface area contributed by atoms with E-state index in [1.165, 1.54) is 22.0 Å². The van der Waals surface area contributed by atoms with Gasteiger partial charge in [-0.1, -0.05) is 13.0 Å². The number of anilines is 1. The maximum absolute atomic E-state index is 13.0. The van der Waals surface area contributed by atoms with Crippen molar-refractivity contribution in [3.63, 3.8) is 0 Å². The summed E-state index contributed by atoms with van der Waals surface area (Å²) in [5, 5.41) is 22.1. The first-order valence-electron chi connectivity index (χ1n) is 9.74. The number of hydrogen-bond donors (Lipinski definition) is 3. The van der Waals surface area contributed by atoms with Gasteiger partial charge in [-0.2, -0.15) is 5.10 Å². The molecule has 3 aliphatic rings. The maximum Gasteiger partial charge on any atom is 0.354 e. The smallest absolute Gasteiger partial charge is 0.354 e. The van der Waals surface area contributed by atoms with Gasteiger partial charge in [0.05, 0.1) is 19.3 Å². The van der Waals surface area contributed by atoms with Crippen LogP contribution in [0.1, 0.15) is 41.5 Å². The lowest BCUT2D eigenvalue weighted by Gasteiger charge is -2.31. The Morgan fingerprint density at radius 3 is 3.07 bits per heavy atom. The molecule has 2 heterocycles. The van der Waals surface area contributed by atoms with Crippen molar-refractivity contribution < 1.29 is 18.8 Å². The monoisotopic (exact) mass is 417 g/mol. The number of aromatic nitrogens is 2. The van der Waals surface area contributed by atoms with Crippen LogP contribution in [0.5, 0.6) is 5.88 Å². The number of rotatable bonds is 3. The number of amides is 2. The predicted molar refractivity (Wildman–Crippen MR) is 106 cm³/mol. The second-order valence-electron chi connectivity index (χ2n) is 7.93. The van der Waals surface area contributed by atoms with Gasteiger partial charge in [0.25, 0.3) is 0 Å². The third-order valence-electron chi connectivity index (χ3n) is 5.93. The zero-order valence-electron chi connectivity index (χ0n) is 16.1. The molecule has 5 rings (SSSR count). The largest absolute Gasteiger partial charge is 0.469 e. The van der Waals surface area contributed by atoms with E-state index in [2.05, 4.69) is 27.8 Å². The minimum Gasteiger partial charge on any atom is -0.469 e. The average Bonchev–Trinajstić information content (AvgIpc) is 3.34. The number of aliphatic hydroxyl groups is 1. The molecular weight excluding hydrogens is 394 g/mol. The number of ether oxygens (including phenoxy) is 1. The molecule has 4 N–H and O–H groups in total. The second kappa shape index (κ2) is 6.54. The summed E-state index contributed by atoms with van der Waals surface area (Å²) in [6, 6.07) is 1.51. The number of nitrogens with two attached hydrogens (primary N) is 1. The van der Waals surface area contributed by atoms with Crippen molar-refractivity contribution >= 4 is 21.6 Å². The highest BCUT2D eigenvalue weighted by Crippen LogP contribution is 2.45. The van der Waals surface area contributed by atoms with Crippen molar-refractivity contribution in [2.45, 2.75) is 56.1 Å². The summed E-state index contributed by atoms with van der Waals surface area (Å²) in [7, 11) is -3.55. The summed E-state index contributed by atoms with van der Waals surface area (Å²) >= 11 is 0. The van der Waals surface area contributed by atoms with E-state index in [4.69, 9.17) is 9.88 Å². The normalized spacial score (nSPS) is 23.3. The van der Waals surface area contributed by atoms with Gasteiger partial charge in [-0.15, -0.1) is 4.36 Å². The number of benzene rings is 1. The molecule has 0 saturated carbocycles.